The van der Waals surface area contributed by atoms with Gasteiger partial charge < -0.3 is 4.90 Å². The van der Waals surface area contributed by atoms with E-state index in [9.17, 15) is 4.79 Å². The Kier molecular flexibility index (Phi) is 3.17. The highest BCUT2D eigenvalue weighted by atomic mass is 16.2. The summed E-state index contributed by atoms with van der Waals surface area (Å²) in [6, 6.07) is 26.9. The Labute approximate surface area is 153 Å². The quantitative estimate of drug-likeness (QED) is 0.659. The molecular formula is C24H19NO. The molecule has 0 N–H and O–H groups in total. The van der Waals surface area contributed by atoms with E-state index in [4.69, 9.17) is 0 Å². The molecule has 26 heavy (non-hydrogen) atoms. The van der Waals surface area contributed by atoms with Gasteiger partial charge in [-0.05, 0) is 40.8 Å². The van der Waals surface area contributed by atoms with Gasteiger partial charge in [-0.25, -0.2) is 0 Å². The number of hydrogen-bond donors (Lipinski definition) is 0. The van der Waals surface area contributed by atoms with Crippen LogP contribution in [0, 0.1) is 0 Å². The highest BCUT2D eigenvalue weighted by Gasteiger charge is 2.53. The first-order valence-electron chi connectivity index (χ1n) is 9.07. The molecule has 126 valence electrons. The molecule has 1 heterocycles. The van der Waals surface area contributed by atoms with Gasteiger partial charge in [-0.15, -0.1) is 0 Å². The minimum atomic E-state index is -0.714. The predicted octanol–water partition coefficient (Wildman–Crippen LogP) is 4.78. The van der Waals surface area contributed by atoms with Gasteiger partial charge in [0.15, 0.2) is 0 Å². The average Bonchev–Trinajstić information content (AvgIpc) is 3.17. The monoisotopic (exact) mass is 337 g/mol. The maximum absolute atomic E-state index is 13.6. The van der Waals surface area contributed by atoms with E-state index in [2.05, 4.69) is 48.5 Å². The van der Waals surface area contributed by atoms with Gasteiger partial charge in [-0.2, -0.15) is 0 Å². The Bertz CT molecular complexity index is 1050. The number of carbonyl (C=O) groups excluding carboxylic acids is 1. The van der Waals surface area contributed by atoms with Gasteiger partial charge in [0, 0.05) is 12.2 Å². The van der Waals surface area contributed by atoms with E-state index in [1.54, 1.807) is 0 Å². The highest BCUT2D eigenvalue weighted by molar-refractivity contribution is 6.15. The molecule has 1 aliphatic heterocycles. The summed E-state index contributed by atoms with van der Waals surface area (Å²) in [6.45, 7) is 2.71. The number of rotatable bonds is 2. The van der Waals surface area contributed by atoms with Crippen LogP contribution >= 0.6 is 0 Å². The Morgan fingerprint density at radius 2 is 1.46 bits per heavy atom. The van der Waals surface area contributed by atoms with Gasteiger partial charge >= 0.3 is 0 Å². The summed E-state index contributed by atoms with van der Waals surface area (Å²) in [7, 11) is 0. The van der Waals surface area contributed by atoms with E-state index in [1.807, 2.05) is 48.2 Å². The summed E-state index contributed by atoms with van der Waals surface area (Å²) in [6.07, 6.45) is 2.18. The zero-order chi connectivity index (χ0) is 17.7. The fraction of sp³-hybridized carbons (Fsp3) is 0.125. The normalized spacial score (nSPS) is 20.3. The smallest absolute Gasteiger partial charge is 0.246 e. The van der Waals surface area contributed by atoms with Gasteiger partial charge in [0.1, 0.15) is 5.41 Å². The number of likely N-dealkylation sites (N-methyl/N-ethyl adjacent to an activating group) is 1. The molecule has 2 heteroatoms. The van der Waals surface area contributed by atoms with Crippen LogP contribution in [0.1, 0.15) is 29.2 Å². The number of anilines is 1. The third kappa shape index (κ3) is 1.79. The van der Waals surface area contributed by atoms with Gasteiger partial charge in [-0.1, -0.05) is 78.9 Å². The molecule has 1 aliphatic carbocycles. The maximum atomic E-state index is 13.6. The molecule has 1 unspecified atom stereocenters. The van der Waals surface area contributed by atoms with Crippen molar-refractivity contribution >= 4 is 17.2 Å². The molecule has 0 saturated heterocycles. The lowest BCUT2D eigenvalue weighted by atomic mass is 9.77. The largest absolute Gasteiger partial charge is 0.311 e. The molecule has 2 aliphatic rings. The SMILES string of the molecule is CCN1C(=O)C2(C=C(c3ccccc3)c3ccccc32)c2ccccc21. The van der Waals surface area contributed by atoms with Crippen LogP contribution in [0.3, 0.4) is 0 Å². The Morgan fingerprint density at radius 1 is 0.808 bits per heavy atom. The van der Waals surface area contributed by atoms with E-state index in [0.717, 1.165) is 33.5 Å². The third-order valence-electron chi connectivity index (χ3n) is 5.61. The highest BCUT2D eigenvalue weighted by Crippen LogP contribution is 2.54. The minimum Gasteiger partial charge on any atom is -0.311 e. The zero-order valence-corrected chi connectivity index (χ0v) is 14.6. The summed E-state index contributed by atoms with van der Waals surface area (Å²) in [5.74, 6) is 0.152. The standard InChI is InChI=1S/C24H19NO/c1-2-25-22-15-9-8-14-21(22)24(23(25)26)16-19(17-10-4-3-5-11-17)18-12-6-7-13-20(18)24/h3-16H,2H2,1H3. The second kappa shape index (κ2) is 5.43. The maximum Gasteiger partial charge on any atom is 0.246 e. The van der Waals surface area contributed by atoms with Crippen LogP contribution in [-0.2, 0) is 10.2 Å². The van der Waals surface area contributed by atoms with Gasteiger partial charge in [0.05, 0.1) is 0 Å². The van der Waals surface area contributed by atoms with Crippen molar-refractivity contribution in [3.63, 3.8) is 0 Å². The number of amides is 1. The topological polar surface area (TPSA) is 20.3 Å². The molecular weight excluding hydrogens is 318 g/mol. The van der Waals surface area contributed by atoms with Crippen LogP contribution in [0.4, 0.5) is 5.69 Å². The van der Waals surface area contributed by atoms with Crippen LogP contribution < -0.4 is 4.90 Å². The van der Waals surface area contributed by atoms with E-state index < -0.39 is 5.41 Å². The van der Waals surface area contributed by atoms with Crippen molar-refractivity contribution in [3.8, 4) is 0 Å². The molecule has 0 bridgehead atoms. The fourth-order valence-electron chi connectivity index (χ4n) is 4.48. The van der Waals surface area contributed by atoms with Crippen molar-refractivity contribution in [2.75, 3.05) is 11.4 Å². The van der Waals surface area contributed by atoms with Crippen molar-refractivity contribution in [2.45, 2.75) is 12.3 Å². The molecule has 3 aromatic carbocycles. The Morgan fingerprint density at radius 3 is 2.23 bits per heavy atom. The summed E-state index contributed by atoms with van der Waals surface area (Å²) in [5, 5.41) is 0. The predicted molar refractivity (Wildman–Crippen MR) is 105 cm³/mol. The number of hydrogen-bond acceptors (Lipinski definition) is 1. The van der Waals surface area contributed by atoms with Crippen molar-refractivity contribution in [2.24, 2.45) is 0 Å². The number of carbonyl (C=O) groups is 1. The van der Waals surface area contributed by atoms with Gasteiger partial charge in [0.25, 0.3) is 0 Å². The molecule has 3 aromatic rings. The van der Waals surface area contributed by atoms with E-state index in [1.165, 1.54) is 0 Å². The lowest BCUT2D eigenvalue weighted by Crippen LogP contribution is -2.39. The molecule has 1 amide bonds. The lowest BCUT2D eigenvalue weighted by molar-refractivity contribution is -0.120. The molecule has 2 nitrogen and oxygen atoms in total. The van der Waals surface area contributed by atoms with E-state index in [-0.39, 0.29) is 5.91 Å². The van der Waals surface area contributed by atoms with Crippen molar-refractivity contribution in [1.29, 1.82) is 0 Å². The second-order valence-corrected chi connectivity index (χ2v) is 6.84. The first-order valence-corrected chi connectivity index (χ1v) is 9.07. The van der Waals surface area contributed by atoms with Crippen LogP contribution in [0.15, 0.2) is 84.9 Å². The molecule has 5 rings (SSSR count). The summed E-state index contributed by atoms with van der Waals surface area (Å²) < 4.78 is 0. The van der Waals surface area contributed by atoms with E-state index in [0.29, 0.717) is 6.54 Å². The summed E-state index contributed by atoms with van der Waals surface area (Å²) in [4.78, 5) is 15.6. The molecule has 0 radical (unpaired) electrons. The van der Waals surface area contributed by atoms with Gasteiger partial charge in [0.2, 0.25) is 5.91 Å². The number of nitrogens with zero attached hydrogens (tertiary/aromatic N) is 1. The molecule has 0 fully saturated rings. The molecule has 0 saturated carbocycles. The Balaban J connectivity index is 1.85. The van der Waals surface area contributed by atoms with Crippen molar-refractivity contribution in [3.05, 3.63) is 107 Å². The second-order valence-electron chi connectivity index (χ2n) is 6.84. The van der Waals surface area contributed by atoms with Crippen molar-refractivity contribution < 1.29 is 4.79 Å². The van der Waals surface area contributed by atoms with Crippen molar-refractivity contribution in [1.82, 2.24) is 0 Å². The zero-order valence-electron chi connectivity index (χ0n) is 14.6. The van der Waals surface area contributed by atoms with E-state index >= 15 is 0 Å². The molecule has 0 aromatic heterocycles. The summed E-state index contributed by atoms with van der Waals surface area (Å²) in [5.41, 5.74) is 5.94. The number of benzene rings is 3. The Hall–Kier alpha value is -3.13. The summed E-state index contributed by atoms with van der Waals surface area (Å²) >= 11 is 0. The molecule has 1 spiro atoms. The fourth-order valence-corrected chi connectivity index (χ4v) is 4.48. The van der Waals surface area contributed by atoms with Gasteiger partial charge in [-0.3, -0.25) is 4.79 Å². The minimum absolute atomic E-state index is 0.152. The third-order valence-corrected chi connectivity index (χ3v) is 5.61. The van der Waals surface area contributed by atoms with Crippen LogP contribution in [0.5, 0.6) is 0 Å². The average molecular weight is 337 g/mol. The first-order chi connectivity index (χ1) is 12.8. The number of para-hydroxylation sites is 1. The van der Waals surface area contributed by atoms with Crippen LogP contribution in [-0.4, -0.2) is 12.5 Å². The number of fused-ring (bicyclic) bond motifs is 4. The van der Waals surface area contributed by atoms with Crippen LogP contribution in [0.2, 0.25) is 0 Å². The lowest BCUT2D eigenvalue weighted by Gasteiger charge is -2.23. The molecule has 1 atom stereocenters. The van der Waals surface area contributed by atoms with Crippen LogP contribution in [0.25, 0.3) is 5.57 Å². The first kappa shape index (κ1) is 15.2.